The molecule has 0 spiro atoms. The van der Waals surface area contributed by atoms with Crippen molar-refractivity contribution in [3.63, 3.8) is 0 Å². The fourth-order valence-electron chi connectivity index (χ4n) is 1.66. The smallest absolute Gasteiger partial charge is 0.137 e. The van der Waals surface area contributed by atoms with E-state index in [1.807, 2.05) is 6.20 Å². The van der Waals surface area contributed by atoms with Gasteiger partial charge in [-0.3, -0.25) is 4.98 Å². The third kappa shape index (κ3) is 3.51. The average Bonchev–Trinajstić information content (AvgIpc) is 2.29. The standard InChI is InChI=1S/C12H20N2O/c1-4-6-12(14-5-2)10-7-11(15-3)9-13-8-10/h7-9,12,14H,4-6H2,1-3H3. The molecule has 0 bridgehead atoms. The van der Waals surface area contributed by atoms with Gasteiger partial charge in [0, 0.05) is 12.2 Å². The molecule has 0 aromatic carbocycles. The predicted octanol–water partition coefficient (Wildman–Crippen LogP) is 2.54. The van der Waals surface area contributed by atoms with Crippen molar-refractivity contribution in [3.05, 3.63) is 24.0 Å². The molecule has 0 saturated heterocycles. The quantitative estimate of drug-likeness (QED) is 0.780. The molecule has 3 nitrogen and oxygen atoms in total. The van der Waals surface area contributed by atoms with Crippen LogP contribution in [-0.4, -0.2) is 18.6 Å². The molecule has 15 heavy (non-hydrogen) atoms. The van der Waals surface area contributed by atoms with E-state index in [1.54, 1.807) is 13.3 Å². The van der Waals surface area contributed by atoms with Gasteiger partial charge in [-0.25, -0.2) is 0 Å². The van der Waals surface area contributed by atoms with Crippen molar-refractivity contribution < 1.29 is 4.74 Å². The number of hydrogen-bond acceptors (Lipinski definition) is 3. The Hall–Kier alpha value is -1.09. The summed E-state index contributed by atoms with van der Waals surface area (Å²) in [6.45, 7) is 5.29. The minimum Gasteiger partial charge on any atom is -0.495 e. The van der Waals surface area contributed by atoms with E-state index >= 15 is 0 Å². The van der Waals surface area contributed by atoms with Gasteiger partial charge in [0.2, 0.25) is 0 Å². The number of ether oxygens (including phenoxy) is 1. The van der Waals surface area contributed by atoms with Gasteiger partial charge in [0.05, 0.1) is 13.3 Å². The SMILES string of the molecule is CCCC(NCC)c1cncc(OC)c1. The average molecular weight is 208 g/mol. The van der Waals surface area contributed by atoms with Gasteiger partial charge in [0.1, 0.15) is 5.75 Å². The van der Waals surface area contributed by atoms with Gasteiger partial charge < -0.3 is 10.1 Å². The number of methoxy groups -OCH3 is 1. The maximum atomic E-state index is 5.17. The molecule has 0 amide bonds. The molecule has 0 aliphatic carbocycles. The molecular formula is C12H20N2O. The monoisotopic (exact) mass is 208 g/mol. The number of nitrogens with one attached hydrogen (secondary N) is 1. The van der Waals surface area contributed by atoms with Crippen LogP contribution in [0.5, 0.6) is 5.75 Å². The Morgan fingerprint density at radius 2 is 2.20 bits per heavy atom. The maximum Gasteiger partial charge on any atom is 0.137 e. The molecule has 1 atom stereocenters. The summed E-state index contributed by atoms with van der Waals surface area (Å²) in [5.74, 6) is 0.825. The summed E-state index contributed by atoms with van der Waals surface area (Å²) in [4.78, 5) is 4.18. The van der Waals surface area contributed by atoms with Crippen molar-refractivity contribution in [2.75, 3.05) is 13.7 Å². The maximum absolute atomic E-state index is 5.17. The summed E-state index contributed by atoms with van der Waals surface area (Å²) >= 11 is 0. The summed E-state index contributed by atoms with van der Waals surface area (Å²) < 4.78 is 5.17. The van der Waals surface area contributed by atoms with Crippen molar-refractivity contribution in [3.8, 4) is 5.75 Å². The lowest BCUT2D eigenvalue weighted by atomic mass is 10.0. The number of hydrogen-bond donors (Lipinski definition) is 1. The Kier molecular flexibility index (Phi) is 5.12. The van der Waals surface area contributed by atoms with Gasteiger partial charge in [0.15, 0.2) is 0 Å². The second-order valence-electron chi connectivity index (χ2n) is 3.56. The Balaban J connectivity index is 2.79. The fourth-order valence-corrected chi connectivity index (χ4v) is 1.66. The van der Waals surface area contributed by atoms with Gasteiger partial charge in [-0.2, -0.15) is 0 Å². The van der Waals surface area contributed by atoms with E-state index in [0.717, 1.165) is 25.1 Å². The Bertz CT molecular complexity index is 283. The minimum absolute atomic E-state index is 0.391. The topological polar surface area (TPSA) is 34.2 Å². The second-order valence-corrected chi connectivity index (χ2v) is 3.56. The molecule has 1 N–H and O–H groups in total. The van der Waals surface area contributed by atoms with E-state index in [1.165, 1.54) is 5.56 Å². The van der Waals surface area contributed by atoms with Gasteiger partial charge in [-0.05, 0) is 24.6 Å². The molecular weight excluding hydrogens is 188 g/mol. The molecule has 0 aliphatic rings. The molecule has 1 unspecified atom stereocenters. The molecule has 1 aromatic rings. The van der Waals surface area contributed by atoms with E-state index < -0.39 is 0 Å². The molecule has 0 fully saturated rings. The van der Waals surface area contributed by atoms with E-state index in [4.69, 9.17) is 4.74 Å². The molecule has 1 aromatic heterocycles. The lowest BCUT2D eigenvalue weighted by Gasteiger charge is -2.17. The third-order valence-corrected chi connectivity index (χ3v) is 2.40. The second kappa shape index (κ2) is 6.40. The number of aromatic nitrogens is 1. The summed E-state index contributed by atoms with van der Waals surface area (Å²) in [7, 11) is 1.67. The highest BCUT2D eigenvalue weighted by Gasteiger charge is 2.09. The minimum atomic E-state index is 0.391. The lowest BCUT2D eigenvalue weighted by molar-refractivity contribution is 0.410. The van der Waals surface area contributed by atoms with Crippen molar-refractivity contribution in [1.82, 2.24) is 10.3 Å². The van der Waals surface area contributed by atoms with Crippen molar-refractivity contribution in [1.29, 1.82) is 0 Å². The van der Waals surface area contributed by atoms with Gasteiger partial charge in [0.25, 0.3) is 0 Å². The van der Waals surface area contributed by atoms with Crippen molar-refractivity contribution >= 4 is 0 Å². The first-order valence-electron chi connectivity index (χ1n) is 5.54. The van der Waals surface area contributed by atoms with Crippen LogP contribution in [0.1, 0.15) is 38.3 Å². The van der Waals surface area contributed by atoms with Crippen LogP contribution >= 0.6 is 0 Å². The van der Waals surface area contributed by atoms with E-state index in [-0.39, 0.29) is 0 Å². The zero-order valence-electron chi connectivity index (χ0n) is 9.79. The highest BCUT2D eigenvalue weighted by Crippen LogP contribution is 2.21. The van der Waals surface area contributed by atoms with Crippen LogP contribution < -0.4 is 10.1 Å². The highest BCUT2D eigenvalue weighted by molar-refractivity contribution is 5.25. The number of rotatable bonds is 6. The van der Waals surface area contributed by atoms with Crippen LogP contribution in [0.4, 0.5) is 0 Å². The first kappa shape index (κ1) is 12.0. The van der Waals surface area contributed by atoms with Crippen LogP contribution in [-0.2, 0) is 0 Å². The van der Waals surface area contributed by atoms with Crippen molar-refractivity contribution in [2.45, 2.75) is 32.7 Å². The summed E-state index contributed by atoms with van der Waals surface area (Å²) in [5, 5.41) is 3.46. The summed E-state index contributed by atoms with van der Waals surface area (Å²) in [6.07, 6.45) is 5.93. The Morgan fingerprint density at radius 3 is 2.80 bits per heavy atom. The largest absolute Gasteiger partial charge is 0.495 e. The van der Waals surface area contributed by atoms with Gasteiger partial charge in [-0.1, -0.05) is 20.3 Å². The Labute approximate surface area is 91.9 Å². The molecule has 1 rings (SSSR count). The number of nitrogens with zero attached hydrogens (tertiary/aromatic N) is 1. The third-order valence-electron chi connectivity index (χ3n) is 2.40. The first-order chi connectivity index (χ1) is 7.31. The lowest BCUT2D eigenvalue weighted by Crippen LogP contribution is -2.20. The molecule has 1 heterocycles. The summed E-state index contributed by atoms with van der Waals surface area (Å²) in [6, 6.07) is 2.44. The predicted molar refractivity (Wildman–Crippen MR) is 62.1 cm³/mol. The normalized spacial score (nSPS) is 12.5. The van der Waals surface area contributed by atoms with Crippen LogP contribution in [0.25, 0.3) is 0 Å². The molecule has 0 aliphatic heterocycles. The molecule has 84 valence electrons. The van der Waals surface area contributed by atoms with E-state index in [0.29, 0.717) is 6.04 Å². The number of pyridine rings is 1. The van der Waals surface area contributed by atoms with E-state index in [9.17, 15) is 0 Å². The van der Waals surface area contributed by atoms with Crippen molar-refractivity contribution in [2.24, 2.45) is 0 Å². The van der Waals surface area contributed by atoms with Crippen LogP contribution in [0.2, 0.25) is 0 Å². The fraction of sp³-hybridized carbons (Fsp3) is 0.583. The molecule has 3 heteroatoms. The van der Waals surface area contributed by atoms with Crippen LogP contribution in [0.15, 0.2) is 18.5 Å². The first-order valence-corrected chi connectivity index (χ1v) is 5.54. The molecule has 0 saturated carbocycles. The van der Waals surface area contributed by atoms with E-state index in [2.05, 4.69) is 30.2 Å². The zero-order valence-corrected chi connectivity index (χ0v) is 9.79. The van der Waals surface area contributed by atoms with Crippen LogP contribution in [0, 0.1) is 0 Å². The van der Waals surface area contributed by atoms with Crippen LogP contribution in [0.3, 0.4) is 0 Å². The van der Waals surface area contributed by atoms with Gasteiger partial charge in [-0.15, -0.1) is 0 Å². The highest BCUT2D eigenvalue weighted by atomic mass is 16.5. The summed E-state index contributed by atoms with van der Waals surface area (Å²) in [5.41, 5.74) is 1.21. The zero-order chi connectivity index (χ0) is 11.1. The molecule has 0 radical (unpaired) electrons. The van der Waals surface area contributed by atoms with Gasteiger partial charge >= 0.3 is 0 Å². The Morgan fingerprint density at radius 1 is 1.40 bits per heavy atom.